The molecule has 0 radical (unpaired) electrons. The van der Waals surface area contributed by atoms with Crippen LogP contribution in [-0.2, 0) is 19.4 Å². The third-order valence-corrected chi connectivity index (χ3v) is 3.79. The van der Waals surface area contributed by atoms with E-state index in [2.05, 4.69) is 33.5 Å². The second kappa shape index (κ2) is 5.77. The second-order valence-electron chi connectivity index (χ2n) is 3.86. The van der Waals surface area contributed by atoms with Crippen molar-refractivity contribution in [3.05, 3.63) is 33.5 Å². The Kier molecular flexibility index (Phi) is 4.09. The smallest absolute Gasteiger partial charge is 0.291 e. The van der Waals surface area contributed by atoms with Crippen molar-refractivity contribution in [2.45, 2.75) is 33.2 Å². The number of carbonyl (C=O) groups is 1. The largest absolute Gasteiger partial charge is 0.344 e. The first-order valence-corrected chi connectivity index (χ1v) is 6.81. The lowest BCUT2D eigenvalue weighted by Crippen LogP contribution is -2.23. The summed E-state index contributed by atoms with van der Waals surface area (Å²) in [5.41, 5.74) is 0. The molecule has 1 amide bonds. The van der Waals surface area contributed by atoms with E-state index in [-0.39, 0.29) is 11.7 Å². The Morgan fingerprint density at radius 3 is 2.72 bits per heavy atom. The molecule has 0 aliphatic rings. The van der Waals surface area contributed by atoms with Crippen LogP contribution < -0.4 is 5.32 Å². The van der Waals surface area contributed by atoms with Gasteiger partial charge in [-0.05, 0) is 18.6 Å². The van der Waals surface area contributed by atoms with Crippen molar-refractivity contribution in [1.29, 1.82) is 0 Å². The van der Waals surface area contributed by atoms with Gasteiger partial charge in [0.25, 0.3) is 5.91 Å². The van der Waals surface area contributed by atoms with Crippen molar-refractivity contribution in [1.82, 2.24) is 20.5 Å². The van der Waals surface area contributed by atoms with Gasteiger partial charge >= 0.3 is 0 Å². The molecule has 96 valence electrons. The number of amides is 1. The van der Waals surface area contributed by atoms with Gasteiger partial charge in [-0.3, -0.25) is 9.89 Å². The van der Waals surface area contributed by atoms with Gasteiger partial charge < -0.3 is 5.32 Å². The molecule has 2 rings (SSSR count). The highest BCUT2D eigenvalue weighted by molar-refractivity contribution is 7.11. The molecule has 0 unspecified atom stereocenters. The minimum Gasteiger partial charge on any atom is -0.344 e. The molecule has 5 nitrogen and oxygen atoms in total. The summed E-state index contributed by atoms with van der Waals surface area (Å²) in [6, 6.07) is 4.13. The predicted molar refractivity (Wildman–Crippen MR) is 70.6 cm³/mol. The summed E-state index contributed by atoms with van der Waals surface area (Å²) in [5.74, 6) is 0.695. The van der Waals surface area contributed by atoms with Gasteiger partial charge in [0.2, 0.25) is 5.82 Å². The quantitative estimate of drug-likeness (QED) is 0.866. The fourth-order valence-corrected chi connectivity index (χ4v) is 2.41. The van der Waals surface area contributed by atoms with Crippen molar-refractivity contribution in [2.75, 3.05) is 0 Å². The highest BCUT2D eigenvalue weighted by atomic mass is 32.1. The average molecular weight is 264 g/mol. The van der Waals surface area contributed by atoms with E-state index in [0.717, 1.165) is 23.5 Å². The van der Waals surface area contributed by atoms with Crippen LogP contribution in [-0.4, -0.2) is 21.1 Å². The van der Waals surface area contributed by atoms with E-state index in [9.17, 15) is 4.79 Å². The number of hydrogen-bond donors (Lipinski definition) is 2. The molecule has 0 aromatic carbocycles. The third kappa shape index (κ3) is 2.95. The number of nitrogens with one attached hydrogen (secondary N) is 2. The predicted octanol–water partition coefficient (Wildman–Crippen LogP) is 1.92. The van der Waals surface area contributed by atoms with E-state index in [1.807, 2.05) is 13.0 Å². The number of rotatable bonds is 5. The molecule has 0 fully saturated rings. The van der Waals surface area contributed by atoms with Gasteiger partial charge in [0.1, 0.15) is 5.82 Å². The first-order chi connectivity index (χ1) is 8.72. The summed E-state index contributed by atoms with van der Waals surface area (Å²) in [4.78, 5) is 18.3. The zero-order valence-electron chi connectivity index (χ0n) is 10.5. The van der Waals surface area contributed by atoms with E-state index in [0.29, 0.717) is 6.54 Å². The maximum absolute atomic E-state index is 11.8. The molecule has 0 bridgehead atoms. The van der Waals surface area contributed by atoms with E-state index in [4.69, 9.17) is 0 Å². The van der Waals surface area contributed by atoms with E-state index >= 15 is 0 Å². The van der Waals surface area contributed by atoms with E-state index in [1.54, 1.807) is 11.3 Å². The van der Waals surface area contributed by atoms with Crippen LogP contribution in [0.1, 0.15) is 40.0 Å². The van der Waals surface area contributed by atoms with Gasteiger partial charge in [-0.2, -0.15) is 0 Å². The summed E-state index contributed by atoms with van der Waals surface area (Å²) < 4.78 is 0. The van der Waals surface area contributed by atoms with Crippen LogP contribution in [0.15, 0.2) is 12.1 Å². The highest BCUT2D eigenvalue weighted by Gasteiger charge is 2.11. The maximum atomic E-state index is 11.8. The average Bonchev–Trinajstić information content (AvgIpc) is 3.04. The molecule has 0 saturated heterocycles. The molecule has 2 N–H and O–H groups in total. The van der Waals surface area contributed by atoms with E-state index in [1.165, 1.54) is 4.88 Å². The van der Waals surface area contributed by atoms with Crippen molar-refractivity contribution in [3.63, 3.8) is 0 Å². The van der Waals surface area contributed by atoms with Gasteiger partial charge in [-0.15, -0.1) is 16.4 Å². The lowest BCUT2D eigenvalue weighted by Gasteiger charge is -1.99. The lowest BCUT2D eigenvalue weighted by molar-refractivity contribution is 0.0941. The molecule has 2 aromatic heterocycles. The molecule has 0 aliphatic carbocycles. The fourth-order valence-electron chi connectivity index (χ4n) is 1.51. The van der Waals surface area contributed by atoms with Gasteiger partial charge in [-0.1, -0.05) is 13.8 Å². The third-order valence-electron chi connectivity index (χ3n) is 2.56. The van der Waals surface area contributed by atoms with Gasteiger partial charge in [0.15, 0.2) is 0 Å². The van der Waals surface area contributed by atoms with Crippen LogP contribution in [0.25, 0.3) is 0 Å². The number of aromatic amines is 1. The Hall–Kier alpha value is -1.69. The first kappa shape index (κ1) is 12.8. The molecule has 0 aliphatic heterocycles. The first-order valence-electron chi connectivity index (χ1n) is 6.00. The minimum atomic E-state index is -0.239. The number of thiophene rings is 1. The van der Waals surface area contributed by atoms with Crippen molar-refractivity contribution >= 4 is 17.2 Å². The van der Waals surface area contributed by atoms with Crippen molar-refractivity contribution in [3.8, 4) is 0 Å². The monoisotopic (exact) mass is 264 g/mol. The number of nitrogens with zero attached hydrogens (tertiary/aromatic N) is 2. The summed E-state index contributed by atoms with van der Waals surface area (Å²) >= 11 is 1.72. The SMILES string of the molecule is CCc1nc(C(=O)NCc2ccc(CC)s2)n[nH]1. The van der Waals surface area contributed by atoms with Crippen LogP contribution in [0, 0.1) is 0 Å². The Morgan fingerprint density at radius 1 is 1.33 bits per heavy atom. The zero-order valence-corrected chi connectivity index (χ0v) is 11.3. The van der Waals surface area contributed by atoms with E-state index < -0.39 is 0 Å². The van der Waals surface area contributed by atoms with Crippen molar-refractivity contribution < 1.29 is 4.79 Å². The molecule has 18 heavy (non-hydrogen) atoms. The Bertz CT molecular complexity index is 532. The number of hydrogen-bond acceptors (Lipinski definition) is 4. The number of H-pyrrole nitrogens is 1. The van der Waals surface area contributed by atoms with Crippen LogP contribution in [0.2, 0.25) is 0 Å². The Balaban J connectivity index is 1.91. The zero-order chi connectivity index (χ0) is 13.0. The molecule has 2 aromatic rings. The fraction of sp³-hybridized carbons (Fsp3) is 0.417. The normalized spacial score (nSPS) is 10.6. The summed E-state index contributed by atoms with van der Waals surface area (Å²) in [6.07, 6.45) is 1.77. The van der Waals surface area contributed by atoms with Crippen LogP contribution >= 0.6 is 11.3 Å². The minimum absolute atomic E-state index is 0.208. The number of aromatic nitrogens is 3. The summed E-state index contributed by atoms with van der Waals surface area (Å²) in [6.45, 7) is 4.60. The standard InChI is InChI=1S/C12H16N4OS/c1-3-8-5-6-9(18-8)7-13-12(17)11-14-10(4-2)15-16-11/h5-6H,3-4,7H2,1-2H3,(H,13,17)(H,14,15,16). The molecule has 0 spiro atoms. The maximum Gasteiger partial charge on any atom is 0.291 e. The number of carbonyl (C=O) groups excluding carboxylic acids is 1. The lowest BCUT2D eigenvalue weighted by atomic mass is 10.3. The molecular weight excluding hydrogens is 248 g/mol. The summed E-state index contributed by atoms with van der Waals surface area (Å²) in [5, 5.41) is 9.42. The second-order valence-corrected chi connectivity index (χ2v) is 5.12. The van der Waals surface area contributed by atoms with Gasteiger partial charge in [0, 0.05) is 16.2 Å². The molecule has 6 heteroatoms. The Morgan fingerprint density at radius 2 is 2.11 bits per heavy atom. The summed E-state index contributed by atoms with van der Waals surface area (Å²) in [7, 11) is 0. The molecule has 0 saturated carbocycles. The molecule has 2 heterocycles. The molecular formula is C12H16N4OS. The van der Waals surface area contributed by atoms with Crippen LogP contribution in [0.5, 0.6) is 0 Å². The molecule has 0 atom stereocenters. The van der Waals surface area contributed by atoms with Crippen LogP contribution in [0.3, 0.4) is 0 Å². The highest BCUT2D eigenvalue weighted by Crippen LogP contribution is 2.16. The number of aryl methyl sites for hydroxylation is 2. The van der Waals surface area contributed by atoms with Crippen molar-refractivity contribution in [2.24, 2.45) is 0 Å². The Labute approximate surface area is 110 Å². The van der Waals surface area contributed by atoms with Gasteiger partial charge in [0.05, 0.1) is 6.54 Å². The van der Waals surface area contributed by atoms with Crippen LogP contribution in [0.4, 0.5) is 0 Å². The van der Waals surface area contributed by atoms with Gasteiger partial charge in [-0.25, -0.2) is 4.98 Å². The topological polar surface area (TPSA) is 70.7 Å².